The highest BCUT2D eigenvalue weighted by Crippen LogP contribution is 2.09. The second kappa shape index (κ2) is 6.87. The fourth-order valence-corrected chi connectivity index (χ4v) is 1.96. The van der Waals surface area contributed by atoms with Crippen LogP contribution >= 0.6 is 15.9 Å². The number of ether oxygens (including phenoxy) is 1. The Kier molecular flexibility index (Phi) is 7.10. The summed E-state index contributed by atoms with van der Waals surface area (Å²) in [5, 5.41) is 4.54. The quantitative estimate of drug-likeness (QED) is 0.542. The molecule has 0 aromatic carbocycles. The van der Waals surface area contributed by atoms with E-state index in [0.717, 1.165) is 31.3 Å². The van der Waals surface area contributed by atoms with Crippen molar-refractivity contribution in [3.8, 4) is 0 Å². The summed E-state index contributed by atoms with van der Waals surface area (Å²) in [6.07, 6.45) is 2.24. The molecule has 0 aliphatic heterocycles. The maximum absolute atomic E-state index is 4.97. The summed E-state index contributed by atoms with van der Waals surface area (Å²) in [6, 6.07) is 0. The molecular formula is C9H20BrNO. The van der Waals surface area contributed by atoms with E-state index in [1.165, 1.54) is 0 Å². The third kappa shape index (κ3) is 7.07. The molecule has 0 heterocycles. The second-order valence-electron chi connectivity index (χ2n) is 3.60. The molecule has 0 aliphatic rings. The van der Waals surface area contributed by atoms with E-state index in [1.807, 2.05) is 0 Å². The molecule has 0 radical (unpaired) electrons. The van der Waals surface area contributed by atoms with Crippen molar-refractivity contribution in [3.05, 3.63) is 0 Å². The number of halogens is 1. The number of methoxy groups -OCH3 is 1. The standard InChI is InChI=1S/C9H20BrNO/c1-9(2,5-6-10)11-7-4-8-12-3/h11H,4-8H2,1-3H3. The maximum Gasteiger partial charge on any atom is 0.0474 e. The minimum Gasteiger partial charge on any atom is -0.385 e. The van der Waals surface area contributed by atoms with E-state index < -0.39 is 0 Å². The molecule has 0 rings (SSSR count). The van der Waals surface area contributed by atoms with E-state index in [9.17, 15) is 0 Å². The summed E-state index contributed by atoms with van der Waals surface area (Å²) in [7, 11) is 1.74. The summed E-state index contributed by atoms with van der Waals surface area (Å²) < 4.78 is 4.97. The molecule has 0 saturated heterocycles. The molecule has 0 fully saturated rings. The molecule has 3 heteroatoms. The van der Waals surface area contributed by atoms with Gasteiger partial charge >= 0.3 is 0 Å². The molecule has 12 heavy (non-hydrogen) atoms. The number of hydrogen-bond donors (Lipinski definition) is 1. The Labute approximate surface area is 84.2 Å². The van der Waals surface area contributed by atoms with Gasteiger partial charge in [-0.05, 0) is 33.2 Å². The lowest BCUT2D eigenvalue weighted by Gasteiger charge is -2.25. The lowest BCUT2D eigenvalue weighted by Crippen LogP contribution is -2.40. The lowest BCUT2D eigenvalue weighted by molar-refractivity contribution is 0.190. The van der Waals surface area contributed by atoms with Crippen molar-refractivity contribution in [2.75, 3.05) is 25.6 Å². The van der Waals surface area contributed by atoms with Gasteiger partial charge in [0, 0.05) is 24.6 Å². The monoisotopic (exact) mass is 237 g/mol. The van der Waals surface area contributed by atoms with Gasteiger partial charge < -0.3 is 10.1 Å². The van der Waals surface area contributed by atoms with Crippen molar-refractivity contribution in [1.82, 2.24) is 5.32 Å². The Hall–Kier alpha value is 0.400. The number of nitrogens with one attached hydrogen (secondary N) is 1. The summed E-state index contributed by atoms with van der Waals surface area (Å²) in [5.41, 5.74) is 0.247. The van der Waals surface area contributed by atoms with Crippen LogP contribution in [0, 0.1) is 0 Å². The van der Waals surface area contributed by atoms with Crippen LogP contribution < -0.4 is 5.32 Å². The lowest BCUT2D eigenvalue weighted by atomic mass is 10.0. The fourth-order valence-electron chi connectivity index (χ4n) is 0.968. The summed E-state index contributed by atoms with van der Waals surface area (Å²) in [5.74, 6) is 0. The molecule has 0 aliphatic carbocycles. The fraction of sp³-hybridized carbons (Fsp3) is 1.00. The van der Waals surface area contributed by atoms with E-state index in [1.54, 1.807) is 7.11 Å². The molecular weight excluding hydrogens is 218 g/mol. The van der Waals surface area contributed by atoms with Gasteiger partial charge in [-0.25, -0.2) is 0 Å². The topological polar surface area (TPSA) is 21.3 Å². The zero-order valence-corrected chi connectivity index (χ0v) is 9.91. The Morgan fingerprint density at radius 1 is 1.42 bits per heavy atom. The Bertz CT molecular complexity index is 107. The molecule has 0 atom stereocenters. The molecule has 74 valence electrons. The van der Waals surface area contributed by atoms with E-state index in [2.05, 4.69) is 35.1 Å². The second-order valence-corrected chi connectivity index (χ2v) is 4.39. The highest BCUT2D eigenvalue weighted by Gasteiger charge is 2.14. The first-order valence-electron chi connectivity index (χ1n) is 4.42. The molecule has 0 bridgehead atoms. The molecule has 1 N–H and O–H groups in total. The predicted octanol–water partition coefficient (Wildman–Crippen LogP) is 2.18. The van der Waals surface area contributed by atoms with Crippen LogP contribution in [0.15, 0.2) is 0 Å². The van der Waals surface area contributed by atoms with Crippen molar-refractivity contribution < 1.29 is 4.74 Å². The van der Waals surface area contributed by atoms with Crippen LogP contribution in [0.25, 0.3) is 0 Å². The SMILES string of the molecule is COCCCNC(C)(C)CCBr. The smallest absolute Gasteiger partial charge is 0.0474 e. The van der Waals surface area contributed by atoms with Crippen molar-refractivity contribution in [2.24, 2.45) is 0 Å². The van der Waals surface area contributed by atoms with Gasteiger partial charge in [-0.15, -0.1) is 0 Å². The minimum absolute atomic E-state index is 0.247. The van der Waals surface area contributed by atoms with Crippen molar-refractivity contribution in [3.63, 3.8) is 0 Å². The van der Waals surface area contributed by atoms with Gasteiger partial charge in [-0.2, -0.15) is 0 Å². The molecule has 0 saturated carbocycles. The third-order valence-corrected chi connectivity index (χ3v) is 2.24. The molecule has 2 nitrogen and oxygen atoms in total. The van der Waals surface area contributed by atoms with Gasteiger partial charge in [0.2, 0.25) is 0 Å². The van der Waals surface area contributed by atoms with E-state index in [4.69, 9.17) is 4.74 Å². The average Bonchev–Trinajstić information content (AvgIpc) is 1.98. The third-order valence-electron chi connectivity index (χ3n) is 1.85. The molecule has 0 amide bonds. The maximum atomic E-state index is 4.97. The zero-order chi connectivity index (χ0) is 9.45. The Morgan fingerprint density at radius 3 is 2.58 bits per heavy atom. The van der Waals surface area contributed by atoms with Crippen LogP contribution in [0.2, 0.25) is 0 Å². The Balaban J connectivity index is 3.33. The van der Waals surface area contributed by atoms with Crippen LogP contribution in [0.4, 0.5) is 0 Å². The van der Waals surface area contributed by atoms with Gasteiger partial charge in [-0.1, -0.05) is 15.9 Å². The first kappa shape index (κ1) is 12.4. The van der Waals surface area contributed by atoms with Gasteiger partial charge in [0.25, 0.3) is 0 Å². The number of hydrogen-bond acceptors (Lipinski definition) is 2. The van der Waals surface area contributed by atoms with Gasteiger partial charge in [0.1, 0.15) is 0 Å². The largest absolute Gasteiger partial charge is 0.385 e. The van der Waals surface area contributed by atoms with Crippen LogP contribution in [-0.4, -0.2) is 31.1 Å². The van der Waals surface area contributed by atoms with Gasteiger partial charge in [0.15, 0.2) is 0 Å². The normalized spacial score (nSPS) is 12.0. The van der Waals surface area contributed by atoms with Crippen LogP contribution in [0.3, 0.4) is 0 Å². The highest BCUT2D eigenvalue weighted by atomic mass is 79.9. The van der Waals surface area contributed by atoms with Crippen LogP contribution in [0.1, 0.15) is 26.7 Å². The number of alkyl halides is 1. The van der Waals surface area contributed by atoms with Crippen molar-refractivity contribution >= 4 is 15.9 Å². The first-order chi connectivity index (χ1) is 5.62. The minimum atomic E-state index is 0.247. The van der Waals surface area contributed by atoms with E-state index >= 15 is 0 Å². The average molecular weight is 238 g/mol. The molecule has 0 unspecified atom stereocenters. The highest BCUT2D eigenvalue weighted by molar-refractivity contribution is 9.09. The summed E-state index contributed by atoms with van der Waals surface area (Å²) >= 11 is 3.44. The number of rotatable bonds is 7. The summed E-state index contributed by atoms with van der Waals surface area (Å²) in [6.45, 7) is 6.33. The van der Waals surface area contributed by atoms with Crippen molar-refractivity contribution in [1.29, 1.82) is 0 Å². The molecule has 0 aromatic heterocycles. The van der Waals surface area contributed by atoms with Crippen molar-refractivity contribution in [2.45, 2.75) is 32.2 Å². The van der Waals surface area contributed by atoms with Gasteiger partial charge in [0.05, 0.1) is 0 Å². The van der Waals surface area contributed by atoms with E-state index in [-0.39, 0.29) is 5.54 Å². The Morgan fingerprint density at radius 2 is 2.08 bits per heavy atom. The molecule has 0 spiro atoms. The first-order valence-corrected chi connectivity index (χ1v) is 5.54. The van der Waals surface area contributed by atoms with Crippen LogP contribution in [0.5, 0.6) is 0 Å². The molecule has 0 aromatic rings. The van der Waals surface area contributed by atoms with E-state index in [0.29, 0.717) is 0 Å². The predicted molar refractivity (Wildman–Crippen MR) is 57.0 cm³/mol. The summed E-state index contributed by atoms with van der Waals surface area (Å²) in [4.78, 5) is 0. The van der Waals surface area contributed by atoms with Gasteiger partial charge in [-0.3, -0.25) is 0 Å². The van der Waals surface area contributed by atoms with Crippen LogP contribution in [-0.2, 0) is 4.74 Å². The zero-order valence-electron chi connectivity index (χ0n) is 8.32.